The van der Waals surface area contributed by atoms with Gasteiger partial charge in [0.25, 0.3) is 0 Å². The summed E-state index contributed by atoms with van der Waals surface area (Å²) < 4.78 is 4.98. The molecule has 1 amide bonds. The lowest BCUT2D eigenvalue weighted by Gasteiger charge is -2.16. The topological polar surface area (TPSA) is 61.8 Å². The highest BCUT2D eigenvalue weighted by molar-refractivity contribution is 5.79. The van der Waals surface area contributed by atoms with Crippen molar-refractivity contribution in [3.63, 3.8) is 0 Å². The third-order valence-corrected chi connectivity index (χ3v) is 2.84. The second-order valence-corrected chi connectivity index (χ2v) is 4.45. The summed E-state index contributed by atoms with van der Waals surface area (Å²) in [6.07, 6.45) is 0.203. The maximum absolute atomic E-state index is 11.7. The van der Waals surface area contributed by atoms with Crippen molar-refractivity contribution < 1.29 is 14.6 Å². The molecule has 0 spiro atoms. The molecule has 0 fully saturated rings. The number of rotatable bonds is 8. The lowest BCUT2D eigenvalue weighted by atomic mass is 10.1. The Hall–Kier alpha value is -1.59. The summed E-state index contributed by atoms with van der Waals surface area (Å²) in [5.74, 6) is 0.0801. The number of carbonyl (C=O) groups excluding carboxylic acids is 1. The van der Waals surface area contributed by atoms with Crippen LogP contribution >= 0.6 is 0 Å². The van der Waals surface area contributed by atoms with E-state index in [1.165, 1.54) is 0 Å². The molecule has 0 aliphatic rings. The van der Waals surface area contributed by atoms with E-state index in [1.807, 2.05) is 7.05 Å². The van der Waals surface area contributed by atoms with Gasteiger partial charge in [0.2, 0.25) is 5.91 Å². The van der Waals surface area contributed by atoms with Crippen LogP contribution in [-0.2, 0) is 16.0 Å². The van der Waals surface area contributed by atoms with Crippen molar-refractivity contribution in [3.05, 3.63) is 29.8 Å². The van der Waals surface area contributed by atoms with E-state index in [9.17, 15) is 9.90 Å². The molecule has 0 aliphatic heterocycles. The maximum atomic E-state index is 11.7. The first-order valence-corrected chi connectivity index (χ1v) is 6.34. The van der Waals surface area contributed by atoms with Crippen LogP contribution in [0.1, 0.15) is 5.56 Å². The quantitative estimate of drug-likeness (QED) is 0.724. The van der Waals surface area contributed by atoms with Crippen molar-refractivity contribution in [2.24, 2.45) is 0 Å². The number of hydrogen-bond acceptors (Lipinski definition) is 4. The summed E-state index contributed by atoms with van der Waals surface area (Å²) in [7, 11) is 3.65. The number of likely N-dealkylation sites (N-methyl/N-ethyl adjacent to an activating group) is 1. The predicted octanol–water partition coefficient (Wildman–Crippen LogP) is 0.629. The number of aromatic hydroxyl groups is 1. The number of para-hydroxylation sites is 1. The molecule has 0 heterocycles. The largest absolute Gasteiger partial charge is 0.508 e. The molecule has 19 heavy (non-hydrogen) atoms. The Morgan fingerprint density at radius 1 is 1.37 bits per heavy atom. The third kappa shape index (κ3) is 6.22. The van der Waals surface area contributed by atoms with Gasteiger partial charge in [0.1, 0.15) is 5.75 Å². The van der Waals surface area contributed by atoms with Crippen LogP contribution in [0.3, 0.4) is 0 Å². The number of hydrogen-bond donors (Lipinski definition) is 2. The summed E-state index contributed by atoms with van der Waals surface area (Å²) in [6, 6.07) is 6.88. The normalized spacial score (nSPS) is 10.7. The monoisotopic (exact) mass is 266 g/mol. The predicted molar refractivity (Wildman–Crippen MR) is 74.2 cm³/mol. The molecule has 0 bridgehead atoms. The van der Waals surface area contributed by atoms with Gasteiger partial charge in [-0.3, -0.25) is 4.79 Å². The molecule has 5 nitrogen and oxygen atoms in total. The second kappa shape index (κ2) is 8.50. The molecular weight excluding hydrogens is 244 g/mol. The highest BCUT2D eigenvalue weighted by Gasteiger charge is 2.06. The second-order valence-electron chi connectivity index (χ2n) is 4.45. The maximum Gasteiger partial charge on any atom is 0.224 e. The molecule has 0 saturated carbocycles. The van der Waals surface area contributed by atoms with Crippen LogP contribution in [0.5, 0.6) is 5.75 Å². The van der Waals surface area contributed by atoms with Crippen LogP contribution in [-0.4, -0.2) is 56.3 Å². The third-order valence-electron chi connectivity index (χ3n) is 2.84. The average molecular weight is 266 g/mol. The Balaban J connectivity index is 2.23. The lowest BCUT2D eigenvalue weighted by molar-refractivity contribution is -0.120. The minimum Gasteiger partial charge on any atom is -0.508 e. The van der Waals surface area contributed by atoms with Crippen molar-refractivity contribution in [2.75, 3.05) is 40.4 Å². The molecule has 0 saturated heterocycles. The smallest absolute Gasteiger partial charge is 0.224 e. The van der Waals surface area contributed by atoms with E-state index >= 15 is 0 Å². The van der Waals surface area contributed by atoms with E-state index in [-0.39, 0.29) is 18.1 Å². The molecule has 0 aromatic heterocycles. The van der Waals surface area contributed by atoms with Gasteiger partial charge in [-0.25, -0.2) is 0 Å². The van der Waals surface area contributed by atoms with E-state index in [0.29, 0.717) is 18.7 Å². The first kappa shape index (κ1) is 15.5. The fourth-order valence-electron chi connectivity index (χ4n) is 1.64. The van der Waals surface area contributed by atoms with Gasteiger partial charge in [-0.2, -0.15) is 0 Å². The minimum absolute atomic E-state index is 0.0818. The Labute approximate surface area is 114 Å². The first-order chi connectivity index (χ1) is 9.13. The lowest BCUT2D eigenvalue weighted by Crippen LogP contribution is -2.35. The van der Waals surface area contributed by atoms with Gasteiger partial charge in [0, 0.05) is 32.3 Å². The SMILES string of the molecule is COCCN(C)CCNC(=O)Cc1ccccc1O. The number of nitrogens with one attached hydrogen (secondary N) is 1. The summed E-state index contributed by atoms with van der Waals surface area (Å²) in [5.41, 5.74) is 0.646. The summed E-state index contributed by atoms with van der Waals surface area (Å²) in [4.78, 5) is 13.8. The minimum atomic E-state index is -0.0818. The number of benzene rings is 1. The van der Waals surface area contributed by atoms with Gasteiger partial charge in [-0.05, 0) is 13.1 Å². The van der Waals surface area contributed by atoms with E-state index in [2.05, 4.69) is 10.2 Å². The first-order valence-electron chi connectivity index (χ1n) is 6.34. The Morgan fingerprint density at radius 3 is 2.79 bits per heavy atom. The van der Waals surface area contributed by atoms with Crippen molar-refractivity contribution in [1.82, 2.24) is 10.2 Å². The van der Waals surface area contributed by atoms with Crippen LogP contribution in [0.15, 0.2) is 24.3 Å². The fourth-order valence-corrected chi connectivity index (χ4v) is 1.64. The van der Waals surface area contributed by atoms with Crippen molar-refractivity contribution in [3.8, 4) is 5.75 Å². The van der Waals surface area contributed by atoms with Gasteiger partial charge in [-0.1, -0.05) is 18.2 Å². The number of methoxy groups -OCH3 is 1. The van der Waals surface area contributed by atoms with Crippen molar-refractivity contribution in [2.45, 2.75) is 6.42 Å². The van der Waals surface area contributed by atoms with E-state index in [4.69, 9.17) is 4.74 Å². The Kier molecular flexibility index (Phi) is 6.92. The molecule has 0 unspecified atom stereocenters. The van der Waals surface area contributed by atoms with Crippen molar-refractivity contribution in [1.29, 1.82) is 0 Å². The molecule has 0 atom stereocenters. The van der Waals surface area contributed by atoms with Crippen LogP contribution in [0, 0.1) is 0 Å². The van der Waals surface area contributed by atoms with Crippen LogP contribution < -0.4 is 5.32 Å². The molecule has 2 N–H and O–H groups in total. The van der Waals surface area contributed by atoms with Gasteiger partial charge >= 0.3 is 0 Å². The fraction of sp³-hybridized carbons (Fsp3) is 0.500. The van der Waals surface area contributed by atoms with E-state index in [0.717, 1.165) is 13.1 Å². The highest BCUT2D eigenvalue weighted by atomic mass is 16.5. The summed E-state index contributed by atoms with van der Waals surface area (Å²) in [5, 5.41) is 12.4. The number of phenols is 1. The molecule has 0 aliphatic carbocycles. The summed E-state index contributed by atoms with van der Waals surface area (Å²) >= 11 is 0. The van der Waals surface area contributed by atoms with Crippen LogP contribution in [0.2, 0.25) is 0 Å². The number of amides is 1. The number of carbonyl (C=O) groups is 1. The zero-order valence-electron chi connectivity index (χ0n) is 11.6. The van der Waals surface area contributed by atoms with Gasteiger partial charge < -0.3 is 20.1 Å². The molecule has 5 heteroatoms. The number of ether oxygens (including phenoxy) is 1. The van der Waals surface area contributed by atoms with Crippen molar-refractivity contribution >= 4 is 5.91 Å². The van der Waals surface area contributed by atoms with Crippen LogP contribution in [0.4, 0.5) is 0 Å². The van der Waals surface area contributed by atoms with E-state index in [1.54, 1.807) is 31.4 Å². The molecule has 1 rings (SSSR count). The zero-order valence-corrected chi connectivity index (χ0v) is 11.6. The van der Waals surface area contributed by atoms with Gasteiger partial charge in [0.15, 0.2) is 0 Å². The number of nitrogens with zero attached hydrogens (tertiary/aromatic N) is 1. The van der Waals surface area contributed by atoms with E-state index < -0.39 is 0 Å². The number of phenolic OH excluding ortho intramolecular Hbond substituents is 1. The highest BCUT2D eigenvalue weighted by Crippen LogP contribution is 2.15. The zero-order chi connectivity index (χ0) is 14.1. The van der Waals surface area contributed by atoms with Crippen LogP contribution in [0.25, 0.3) is 0 Å². The molecule has 1 aromatic rings. The molecule has 0 radical (unpaired) electrons. The molecular formula is C14H22N2O3. The Morgan fingerprint density at radius 2 is 2.11 bits per heavy atom. The summed E-state index contributed by atoms with van der Waals surface area (Å²) in [6.45, 7) is 2.89. The average Bonchev–Trinajstić information content (AvgIpc) is 2.39. The van der Waals surface area contributed by atoms with Gasteiger partial charge in [0.05, 0.1) is 13.0 Å². The Bertz CT molecular complexity index is 396. The standard InChI is InChI=1S/C14H22N2O3/c1-16(9-10-19-2)8-7-15-14(18)11-12-5-3-4-6-13(12)17/h3-6,17H,7-11H2,1-2H3,(H,15,18). The molecule has 1 aromatic carbocycles. The molecule has 106 valence electrons. The van der Waals surface area contributed by atoms with Gasteiger partial charge in [-0.15, -0.1) is 0 Å².